The molecule has 1 N–H and O–H groups in total. The van der Waals surface area contributed by atoms with Crippen LogP contribution < -0.4 is 11.0 Å². The van der Waals surface area contributed by atoms with Crippen molar-refractivity contribution in [3.63, 3.8) is 0 Å². The molecule has 2 aromatic rings. The van der Waals surface area contributed by atoms with E-state index < -0.39 is 0 Å². The molecular weight excluding hydrogens is 288 g/mol. The number of fused-ring (bicyclic) bond motifs is 1. The number of nitrogens with zero attached hydrogens (tertiary/aromatic N) is 3. The van der Waals surface area contributed by atoms with Gasteiger partial charge in [0.25, 0.3) is 0 Å². The largest absolute Gasteiger partial charge is 0.355 e. The lowest BCUT2D eigenvalue weighted by molar-refractivity contribution is -0.119. The fraction of sp³-hybridized carbons (Fsp3) is 0.429. The Labute approximate surface area is 127 Å². The summed E-state index contributed by atoms with van der Waals surface area (Å²) in [6.07, 6.45) is 1.69. The predicted molar refractivity (Wildman–Crippen MR) is 82.6 cm³/mol. The SMILES string of the molecule is Cc1ccc2nc(SCC(=O)NC(C)(C)C)nc(=O)n2c1. The molecule has 0 aliphatic heterocycles. The van der Waals surface area contributed by atoms with Crippen molar-refractivity contribution in [2.24, 2.45) is 0 Å². The van der Waals surface area contributed by atoms with Gasteiger partial charge in [-0.1, -0.05) is 17.8 Å². The molecule has 21 heavy (non-hydrogen) atoms. The minimum absolute atomic E-state index is 0.111. The maximum Gasteiger partial charge on any atom is 0.355 e. The number of aromatic nitrogens is 3. The zero-order valence-corrected chi connectivity index (χ0v) is 13.3. The molecule has 0 radical (unpaired) electrons. The first-order valence-corrected chi connectivity index (χ1v) is 7.54. The highest BCUT2D eigenvalue weighted by atomic mass is 32.2. The first-order valence-electron chi connectivity index (χ1n) is 6.55. The molecule has 1 amide bonds. The summed E-state index contributed by atoms with van der Waals surface area (Å²) >= 11 is 1.15. The maximum absolute atomic E-state index is 11.9. The van der Waals surface area contributed by atoms with E-state index in [-0.39, 0.29) is 22.9 Å². The Morgan fingerprint density at radius 2 is 2.05 bits per heavy atom. The fourth-order valence-corrected chi connectivity index (χ4v) is 2.38. The van der Waals surface area contributed by atoms with Crippen LogP contribution in [-0.2, 0) is 4.79 Å². The van der Waals surface area contributed by atoms with Crippen LogP contribution in [0.5, 0.6) is 0 Å². The molecule has 0 bridgehead atoms. The minimum atomic E-state index is -0.387. The lowest BCUT2D eigenvalue weighted by Gasteiger charge is -2.20. The van der Waals surface area contributed by atoms with Crippen molar-refractivity contribution in [1.29, 1.82) is 0 Å². The molecule has 2 aromatic heterocycles. The molecule has 6 nitrogen and oxygen atoms in total. The smallest absolute Gasteiger partial charge is 0.351 e. The second kappa shape index (κ2) is 5.85. The van der Waals surface area contributed by atoms with Gasteiger partial charge >= 0.3 is 5.69 Å². The molecular formula is C14H18N4O2S. The Hall–Kier alpha value is -1.89. The average molecular weight is 306 g/mol. The topological polar surface area (TPSA) is 76.4 Å². The normalized spacial score (nSPS) is 11.6. The van der Waals surface area contributed by atoms with Crippen LogP contribution in [0.2, 0.25) is 0 Å². The summed E-state index contributed by atoms with van der Waals surface area (Å²) in [4.78, 5) is 31.8. The van der Waals surface area contributed by atoms with E-state index in [1.165, 1.54) is 4.40 Å². The number of aryl methyl sites for hydroxylation is 1. The van der Waals surface area contributed by atoms with Gasteiger partial charge in [0.2, 0.25) is 5.91 Å². The van der Waals surface area contributed by atoms with Crippen LogP contribution in [0.4, 0.5) is 0 Å². The summed E-state index contributed by atoms with van der Waals surface area (Å²) in [6, 6.07) is 3.64. The Morgan fingerprint density at radius 1 is 1.33 bits per heavy atom. The van der Waals surface area contributed by atoms with Gasteiger partial charge in [0, 0.05) is 11.7 Å². The number of hydrogen-bond acceptors (Lipinski definition) is 5. The Morgan fingerprint density at radius 3 is 2.71 bits per heavy atom. The lowest BCUT2D eigenvalue weighted by atomic mass is 10.1. The predicted octanol–water partition coefficient (Wildman–Crippen LogP) is 1.40. The van der Waals surface area contributed by atoms with Gasteiger partial charge in [-0.25, -0.2) is 9.78 Å². The highest BCUT2D eigenvalue weighted by molar-refractivity contribution is 7.99. The number of rotatable bonds is 3. The number of amides is 1. The van der Waals surface area contributed by atoms with Crippen molar-refractivity contribution in [2.45, 2.75) is 38.4 Å². The number of pyridine rings is 1. The van der Waals surface area contributed by atoms with Gasteiger partial charge in [-0.05, 0) is 39.3 Å². The molecule has 112 valence electrons. The number of nitrogens with one attached hydrogen (secondary N) is 1. The monoisotopic (exact) mass is 306 g/mol. The number of carbonyl (C=O) groups is 1. The summed E-state index contributed by atoms with van der Waals surface area (Å²) < 4.78 is 1.40. The molecule has 0 aliphatic rings. The van der Waals surface area contributed by atoms with E-state index >= 15 is 0 Å². The van der Waals surface area contributed by atoms with Crippen molar-refractivity contribution in [1.82, 2.24) is 19.7 Å². The molecule has 0 spiro atoms. The Balaban J connectivity index is 2.15. The maximum atomic E-state index is 11.9. The van der Waals surface area contributed by atoms with Crippen LogP contribution in [0.25, 0.3) is 5.65 Å². The highest BCUT2D eigenvalue weighted by Crippen LogP contribution is 2.12. The van der Waals surface area contributed by atoms with Gasteiger partial charge in [-0.3, -0.25) is 9.20 Å². The Bertz CT molecular complexity index is 734. The standard InChI is InChI=1S/C14H18N4O2S/c1-9-5-6-10-15-12(16-13(20)18(10)7-9)21-8-11(19)17-14(2,3)4/h5-7H,8H2,1-4H3,(H,17,19). The third-order valence-electron chi connectivity index (χ3n) is 2.53. The van der Waals surface area contributed by atoms with E-state index in [9.17, 15) is 9.59 Å². The van der Waals surface area contributed by atoms with Crippen LogP contribution in [0, 0.1) is 6.92 Å². The Kier molecular flexibility index (Phi) is 4.32. The van der Waals surface area contributed by atoms with Crippen molar-refractivity contribution in [2.75, 3.05) is 5.75 Å². The molecule has 0 aromatic carbocycles. The second-order valence-corrected chi connectivity index (χ2v) is 6.75. The van der Waals surface area contributed by atoms with Crippen molar-refractivity contribution in [3.05, 3.63) is 34.4 Å². The quantitative estimate of drug-likeness (QED) is 0.868. The number of hydrogen-bond donors (Lipinski definition) is 1. The van der Waals surface area contributed by atoms with Crippen LogP contribution in [-0.4, -0.2) is 31.6 Å². The zero-order valence-electron chi connectivity index (χ0n) is 12.5. The molecule has 2 rings (SSSR count). The second-order valence-electron chi connectivity index (χ2n) is 5.81. The molecule has 0 aliphatic carbocycles. The summed E-state index contributed by atoms with van der Waals surface area (Å²) in [5, 5.41) is 3.16. The summed E-state index contributed by atoms with van der Waals surface area (Å²) in [5.41, 5.74) is 0.818. The first-order chi connectivity index (χ1) is 9.74. The molecule has 0 unspecified atom stereocenters. The van der Waals surface area contributed by atoms with Gasteiger partial charge in [0.15, 0.2) is 5.16 Å². The third kappa shape index (κ3) is 4.29. The highest BCUT2D eigenvalue weighted by Gasteiger charge is 2.14. The molecule has 0 atom stereocenters. The molecule has 7 heteroatoms. The molecule has 0 saturated carbocycles. The lowest BCUT2D eigenvalue weighted by Crippen LogP contribution is -2.41. The molecule has 0 fully saturated rings. The van der Waals surface area contributed by atoms with Crippen LogP contribution in [0.1, 0.15) is 26.3 Å². The van der Waals surface area contributed by atoms with Crippen molar-refractivity contribution in [3.8, 4) is 0 Å². The summed E-state index contributed by atoms with van der Waals surface area (Å²) in [5.74, 6) is 0.0684. The molecule has 2 heterocycles. The van der Waals surface area contributed by atoms with Gasteiger partial charge in [-0.15, -0.1) is 0 Å². The van der Waals surface area contributed by atoms with E-state index in [4.69, 9.17) is 0 Å². The van der Waals surface area contributed by atoms with E-state index in [1.807, 2.05) is 33.8 Å². The van der Waals surface area contributed by atoms with Crippen molar-refractivity contribution >= 4 is 23.3 Å². The fourth-order valence-electron chi connectivity index (χ4n) is 1.75. The zero-order chi connectivity index (χ0) is 15.6. The van der Waals surface area contributed by atoms with E-state index in [1.54, 1.807) is 12.3 Å². The summed E-state index contributed by atoms with van der Waals surface area (Å²) in [6.45, 7) is 7.63. The first kappa shape index (κ1) is 15.5. The average Bonchev–Trinajstić information content (AvgIpc) is 2.35. The van der Waals surface area contributed by atoms with Gasteiger partial charge in [0.1, 0.15) is 5.65 Å². The van der Waals surface area contributed by atoms with Crippen LogP contribution >= 0.6 is 11.8 Å². The van der Waals surface area contributed by atoms with E-state index in [2.05, 4.69) is 15.3 Å². The van der Waals surface area contributed by atoms with Gasteiger partial charge < -0.3 is 5.32 Å². The summed E-state index contributed by atoms with van der Waals surface area (Å²) in [7, 11) is 0. The number of thioether (sulfide) groups is 1. The van der Waals surface area contributed by atoms with Crippen LogP contribution in [0.15, 0.2) is 28.3 Å². The van der Waals surface area contributed by atoms with Gasteiger partial charge in [-0.2, -0.15) is 4.98 Å². The number of carbonyl (C=O) groups excluding carboxylic acids is 1. The molecule has 0 saturated heterocycles. The third-order valence-corrected chi connectivity index (χ3v) is 3.38. The van der Waals surface area contributed by atoms with E-state index in [0.29, 0.717) is 10.8 Å². The minimum Gasteiger partial charge on any atom is -0.351 e. The van der Waals surface area contributed by atoms with Gasteiger partial charge in [0.05, 0.1) is 5.75 Å². The van der Waals surface area contributed by atoms with Crippen molar-refractivity contribution < 1.29 is 4.79 Å². The van der Waals surface area contributed by atoms with E-state index in [0.717, 1.165) is 17.3 Å². The van der Waals surface area contributed by atoms with Crippen LogP contribution in [0.3, 0.4) is 0 Å².